The molecule has 11 aromatic rings. The summed E-state index contributed by atoms with van der Waals surface area (Å²) in [6.07, 6.45) is 0. The zero-order chi connectivity index (χ0) is 41.2. The van der Waals surface area contributed by atoms with E-state index in [9.17, 15) is 0 Å². The van der Waals surface area contributed by atoms with Crippen molar-refractivity contribution in [2.45, 2.75) is 0 Å². The molecule has 292 valence electrons. The Balaban J connectivity index is 1.13. The minimum Gasteiger partial charge on any atom is -0.310 e. The van der Waals surface area contributed by atoms with E-state index in [4.69, 9.17) is 0 Å². The zero-order valence-electron chi connectivity index (χ0n) is 34.1. The molecule has 0 aliphatic rings. The molecule has 1 aromatic heterocycles. The minimum absolute atomic E-state index is 1.07. The lowest BCUT2D eigenvalue weighted by Crippen LogP contribution is -2.12. The van der Waals surface area contributed by atoms with Crippen LogP contribution in [0.1, 0.15) is 0 Å². The fraction of sp³-hybridized carbons (Fsp3) is 0. The maximum absolute atomic E-state index is 2.45. The van der Waals surface area contributed by atoms with E-state index >= 15 is 0 Å². The van der Waals surface area contributed by atoms with Gasteiger partial charge in [0.15, 0.2) is 0 Å². The summed E-state index contributed by atoms with van der Waals surface area (Å²) in [4.78, 5) is 2.45. The van der Waals surface area contributed by atoms with Crippen molar-refractivity contribution in [3.63, 3.8) is 0 Å². The second-order valence-corrected chi connectivity index (χ2v) is 15.7. The number of rotatable bonds is 9. The molecule has 0 fully saturated rings. The highest BCUT2D eigenvalue weighted by atomic mass is 15.1. The Labute approximate surface area is 362 Å². The van der Waals surface area contributed by atoms with Crippen molar-refractivity contribution in [2.24, 2.45) is 0 Å². The van der Waals surface area contributed by atoms with E-state index in [0.29, 0.717) is 0 Å². The van der Waals surface area contributed by atoms with Gasteiger partial charge in [-0.1, -0.05) is 194 Å². The van der Waals surface area contributed by atoms with Gasteiger partial charge in [0.1, 0.15) is 0 Å². The predicted octanol–water partition coefficient (Wildman–Crippen LogP) is 16.6. The molecule has 0 saturated heterocycles. The van der Waals surface area contributed by atoms with E-state index in [1.54, 1.807) is 0 Å². The van der Waals surface area contributed by atoms with Gasteiger partial charge < -0.3 is 9.47 Å². The van der Waals surface area contributed by atoms with Crippen LogP contribution in [0.2, 0.25) is 0 Å². The molecule has 0 spiro atoms. The van der Waals surface area contributed by atoms with E-state index in [1.807, 2.05) is 0 Å². The van der Waals surface area contributed by atoms with E-state index in [2.05, 4.69) is 264 Å². The van der Waals surface area contributed by atoms with Gasteiger partial charge in [0, 0.05) is 33.4 Å². The van der Waals surface area contributed by atoms with Gasteiger partial charge >= 0.3 is 0 Å². The van der Waals surface area contributed by atoms with Crippen LogP contribution < -0.4 is 4.90 Å². The summed E-state index contributed by atoms with van der Waals surface area (Å²) in [7, 11) is 0. The first kappa shape index (κ1) is 36.8. The number of anilines is 3. The average molecular weight is 791 g/mol. The quantitative estimate of drug-likeness (QED) is 0.141. The molecule has 0 unspecified atom stereocenters. The predicted molar refractivity (Wildman–Crippen MR) is 263 cm³/mol. The van der Waals surface area contributed by atoms with Crippen molar-refractivity contribution in [2.75, 3.05) is 4.90 Å². The van der Waals surface area contributed by atoms with Crippen LogP contribution in [-0.4, -0.2) is 4.57 Å². The first-order valence-electron chi connectivity index (χ1n) is 21.3. The summed E-state index contributed by atoms with van der Waals surface area (Å²) in [5.41, 5.74) is 18.6. The Bertz CT molecular complexity index is 3310. The summed E-state index contributed by atoms with van der Waals surface area (Å²) >= 11 is 0. The third kappa shape index (κ3) is 6.74. The normalized spacial score (nSPS) is 11.2. The largest absolute Gasteiger partial charge is 0.310 e. The molecule has 2 nitrogen and oxygen atoms in total. The van der Waals surface area contributed by atoms with Gasteiger partial charge in [-0.05, 0) is 111 Å². The molecule has 0 amide bonds. The molecule has 10 aromatic carbocycles. The summed E-state index contributed by atoms with van der Waals surface area (Å²) in [5, 5.41) is 2.47. The molecule has 0 saturated carbocycles. The van der Waals surface area contributed by atoms with Crippen molar-refractivity contribution in [3.05, 3.63) is 255 Å². The molecule has 0 N–H and O–H groups in total. The molecule has 0 atom stereocenters. The van der Waals surface area contributed by atoms with E-state index in [-0.39, 0.29) is 0 Å². The van der Waals surface area contributed by atoms with Crippen molar-refractivity contribution < 1.29 is 0 Å². The Hall–Kier alpha value is -8.20. The fourth-order valence-electron chi connectivity index (χ4n) is 9.13. The fourth-order valence-corrected chi connectivity index (χ4v) is 9.13. The van der Waals surface area contributed by atoms with Crippen LogP contribution in [0.5, 0.6) is 0 Å². The number of para-hydroxylation sites is 2. The zero-order valence-corrected chi connectivity index (χ0v) is 34.1. The highest BCUT2D eigenvalue weighted by Crippen LogP contribution is 2.48. The summed E-state index contributed by atoms with van der Waals surface area (Å²) in [5.74, 6) is 0. The number of hydrogen-bond donors (Lipinski definition) is 0. The standard InChI is InChI=1S/C60H42N2/c1-5-19-43(20-6-1)44-35-38-50(39-36-44)61(59-34-18-32-53(46-23-9-3-10-24-46)60(59)55-31-14-13-29-52(55)45-21-7-2-8-22-45)51-28-17-25-47(41-51)48-37-40-58-56(42-48)54-30-15-16-33-57(54)62(58)49-26-11-4-12-27-49/h1-42H. The van der Waals surface area contributed by atoms with Crippen LogP contribution >= 0.6 is 0 Å². The number of benzene rings is 10. The van der Waals surface area contributed by atoms with Gasteiger partial charge in [-0.25, -0.2) is 0 Å². The average Bonchev–Trinajstić information content (AvgIpc) is 3.69. The first-order chi connectivity index (χ1) is 30.8. The SMILES string of the molecule is c1ccc(-c2ccc(N(c3cccc(-c4ccc5c(c4)c4ccccc4n5-c4ccccc4)c3)c3cccc(-c4ccccc4)c3-c3ccccc3-c3ccccc3)cc2)cc1. The Morgan fingerprint density at radius 3 is 1.50 bits per heavy atom. The monoisotopic (exact) mass is 790 g/mol. The lowest BCUT2D eigenvalue weighted by Gasteiger charge is -2.30. The lowest BCUT2D eigenvalue weighted by atomic mass is 9.87. The van der Waals surface area contributed by atoms with E-state index in [0.717, 1.165) is 28.3 Å². The van der Waals surface area contributed by atoms with Crippen molar-refractivity contribution in [1.29, 1.82) is 0 Å². The summed E-state index contributed by atoms with van der Waals surface area (Å²) in [6, 6.07) is 92.2. The molecular formula is C60H42N2. The molecule has 0 bridgehead atoms. The molecular weight excluding hydrogens is 749 g/mol. The molecule has 2 heteroatoms. The van der Waals surface area contributed by atoms with Crippen molar-refractivity contribution in [3.8, 4) is 61.3 Å². The van der Waals surface area contributed by atoms with E-state index < -0.39 is 0 Å². The van der Waals surface area contributed by atoms with Crippen molar-refractivity contribution >= 4 is 38.9 Å². The number of aromatic nitrogens is 1. The van der Waals surface area contributed by atoms with Gasteiger partial charge in [-0.2, -0.15) is 0 Å². The lowest BCUT2D eigenvalue weighted by molar-refractivity contribution is 1.18. The van der Waals surface area contributed by atoms with Crippen LogP contribution in [0.4, 0.5) is 17.1 Å². The van der Waals surface area contributed by atoms with Gasteiger partial charge in [-0.3, -0.25) is 0 Å². The third-order valence-electron chi connectivity index (χ3n) is 12.0. The molecule has 0 aliphatic heterocycles. The van der Waals surface area contributed by atoms with Gasteiger partial charge in [0.2, 0.25) is 0 Å². The van der Waals surface area contributed by atoms with Gasteiger partial charge in [0.25, 0.3) is 0 Å². The summed E-state index contributed by atoms with van der Waals surface area (Å²) in [6.45, 7) is 0. The Kier molecular flexibility index (Phi) is 9.57. The van der Waals surface area contributed by atoms with Crippen LogP contribution in [0.25, 0.3) is 83.1 Å². The van der Waals surface area contributed by atoms with Gasteiger partial charge in [-0.15, -0.1) is 0 Å². The number of hydrogen-bond acceptors (Lipinski definition) is 1. The number of fused-ring (bicyclic) bond motifs is 3. The Morgan fingerprint density at radius 2 is 0.774 bits per heavy atom. The summed E-state index contributed by atoms with van der Waals surface area (Å²) < 4.78 is 2.38. The van der Waals surface area contributed by atoms with Crippen LogP contribution in [0, 0.1) is 0 Å². The highest BCUT2D eigenvalue weighted by Gasteiger charge is 2.23. The molecule has 0 radical (unpaired) electrons. The Morgan fingerprint density at radius 1 is 0.274 bits per heavy atom. The number of nitrogens with zero attached hydrogens (tertiary/aromatic N) is 2. The second kappa shape index (κ2) is 16.1. The first-order valence-corrected chi connectivity index (χ1v) is 21.3. The minimum atomic E-state index is 1.07. The third-order valence-corrected chi connectivity index (χ3v) is 12.0. The highest BCUT2D eigenvalue weighted by molar-refractivity contribution is 6.10. The maximum atomic E-state index is 2.45. The van der Waals surface area contributed by atoms with E-state index in [1.165, 1.54) is 71.9 Å². The van der Waals surface area contributed by atoms with Crippen molar-refractivity contribution in [1.82, 2.24) is 4.57 Å². The van der Waals surface area contributed by atoms with Crippen LogP contribution in [0.3, 0.4) is 0 Å². The second-order valence-electron chi connectivity index (χ2n) is 15.7. The maximum Gasteiger partial charge on any atom is 0.0546 e. The molecule has 11 rings (SSSR count). The molecule has 1 heterocycles. The van der Waals surface area contributed by atoms with Crippen LogP contribution in [0.15, 0.2) is 255 Å². The molecule has 62 heavy (non-hydrogen) atoms. The van der Waals surface area contributed by atoms with Crippen LogP contribution in [-0.2, 0) is 0 Å². The van der Waals surface area contributed by atoms with Gasteiger partial charge in [0.05, 0.1) is 16.7 Å². The smallest absolute Gasteiger partial charge is 0.0546 e. The topological polar surface area (TPSA) is 8.17 Å². The molecule has 0 aliphatic carbocycles.